The smallest absolute Gasteiger partial charge is 0.259 e. The third-order valence-corrected chi connectivity index (χ3v) is 4.14. The summed E-state index contributed by atoms with van der Waals surface area (Å²) < 4.78 is 10.5. The van der Waals surface area contributed by atoms with E-state index in [2.05, 4.69) is 5.32 Å². The molecule has 2 fully saturated rings. The Morgan fingerprint density at radius 3 is 2.41 bits per heavy atom. The van der Waals surface area contributed by atoms with E-state index in [1.165, 1.54) is 14.2 Å². The summed E-state index contributed by atoms with van der Waals surface area (Å²) >= 11 is 0. The highest BCUT2D eigenvalue weighted by molar-refractivity contribution is 6.00. The average Bonchev–Trinajstić information content (AvgIpc) is 3.30. The number of nitrogens with one attached hydrogen (secondary N) is 1. The van der Waals surface area contributed by atoms with E-state index in [0.717, 1.165) is 12.8 Å². The topological polar surface area (TPSA) is 67.9 Å². The Morgan fingerprint density at radius 2 is 1.86 bits per heavy atom. The number of hydrogen-bond acceptors (Lipinski definition) is 4. The lowest BCUT2D eigenvalue weighted by atomic mass is 10.1. The van der Waals surface area contributed by atoms with Crippen LogP contribution in [0.3, 0.4) is 0 Å². The van der Waals surface area contributed by atoms with Gasteiger partial charge in [0.25, 0.3) is 5.91 Å². The second-order valence-corrected chi connectivity index (χ2v) is 5.69. The SMILES string of the molecule is COc1cccc(OC)c1C(=O)NC1CC(=O)N(C2CC2)C1. The first-order chi connectivity index (χ1) is 10.6. The molecule has 118 valence electrons. The summed E-state index contributed by atoms with van der Waals surface area (Å²) in [5.74, 6) is 0.769. The molecule has 1 aromatic rings. The van der Waals surface area contributed by atoms with Gasteiger partial charge in [-0.3, -0.25) is 9.59 Å². The van der Waals surface area contributed by atoms with E-state index >= 15 is 0 Å². The normalized spacial score (nSPS) is 20.9. The Balaban J connectivity index is 1.73. The third kappa shape index (κ3) is 2.73. The molecule has 1 N–H and O–H groups in total. The van der Waals surface area contributed by atoms with E-state index in [9.17, 15) is 9.59 Å². The zero-order chi connectivity index (χ0) is 15.7. The van der Waals surface area contributed by atoms with Gasteiger partial charge in [0.1, 0.15) is 17.1 Å². The zero-order valence-electron chi connectivity index (χ0n) is 12.8. The van der Waals surface area contributed by atoms with Gasteiger partial charge in [0.15, 0.2) is 0 Å². The molecule has 6 nitrogen and oxygen atoms in total. The number of amides is 2. The van der Waals surface area contributed by atoms with Gasteiger partial charge in [0, 0.05) is 19.0 Å². The van der Waals surface area contributed by atoms with Gasteiger partial charge >= 0.3 is 0 Å². The molecule has 2 amide bonds. The average molecular weight is 304 g/mol. The van der Waals surface area contributed by atoms with Gasteiger partial charge in [0.2, 0.25) is 5.91 Å². The van der Waals surface area contributed by atoms with Gasteiger partial charge in [-0.15, -0.1) is 0 Å². The van der Waals surface area contributed by atoms with Gasteiger partial charge in [-0.05, 0) is 25.0 Å². The van der Waals surface area contributed by atoms with Gasteiger partial charge < -0.3 is 19.7 Å². The van der Waals surface area contributed by atoms with Gasteiger partial charge in [-0.2, -0.15) is 0 Å². The molecule has 22 heavy (non-hydrogen) atoms. The molecule has 0 spiro atoms. The van der Waals surface area contributed by atoms with Crippen molar-refractivity contribution >= 4 is 11.8 Å². The number of nitrogens with zero attached hydrogens (tertiary/aromatic N) is 1. The van der Waals surface area contributed by atoms with E-state index in [0.29, 0.717) is 36.1 Å². The number of likely N-dealkylation sites (tertiary alicyclic amines) is 1. The van der Waals surface area contributed by atoms with Crippen molar-refractivity contribution in [3.63, 3.8) is 0 Å². The van der Waals surface area contributed by atoms with Crippen molar-refractivity contribution in [1.29, 1.82) is 0 Å². The van der Waals surface area contributed by atoms with Crippen molar-refractivity contribution in [2.45, 2.75) is 31.3 Å². The Morgan fingerprint density at radius 1 is 1.23 bits per heavy atom. The minimum atomic E-state index is -0.273. The Kier molecular flexibility index (Phi) is 3.92. The van der Waals surface area contributed by atoms with Crippen LogP contribution in [0.4, 0.5) is 0 Å². The predicted molar refractivity (Wildman–Crippen MR) is 80.2 cm³/mol. The third-order valence-electron chi connectivity index (χ3n) is 4.14. The van der Waals surface area contributed by atoms with Crippen molar-refractivity contribution in [1.82, 2.24) is 10.2 Å². The van der Waals surface area contributed by atoms with E-state index < -0.39 is 0 Å². The molecule has 1 aromatic carbocycles. The number of methoxy groups -OCH3 is 2. The lowest BCUT2D eigenvalue weighted by molar-refractivity contribution is -0.128. The van der Waals surface area contributed by atoms with Crippen LogP contribution in [0.2, 0.25) is 0 Å². The minimum absolute atomic E-state index is 0.125. The summed E-state index contributed by atoms with van der Waals surface area (Å²) in [6, 6.07) is 5.43. The van der Waals surface area contributed by atoms with Crippen LogP contribution in [0.1, 0.15) is 29.6 Å². The highest BCUT2D eigenvalue weighted by Crippen LogP contribution is 2.31. The molecular formula is C16H20N2O4. The fourth-order valence-corrected chi connectivity index (χ4v) is 2.90. The van der Waals surface area contributed by atoms with Crippen molar-refractivity contribution in [2.75, 3.05) is 20.8 Å². The maximum absolute atomic E-state index is 12.6. The molecule has 1 aliphatic carbocycles. The quantitative estimate of drug-likeness (QED) is 0.887. The summed E-state index contributed by atoms with van der Waals surface area (Å²) in [6.45, 7) is 0.590. The van der Waals surface area contributed by atoms with Crippen molar-refractivity contribution < 1.29 is 19.1 Å². The lowest BCUT2D eigenvalue weighted by Crippen LogP contribution is -2.37. The van der Waals surface area contributed by atoms with Crippen LogP contribution in [0.5, 0.6) is 11.5 Å². The molecule has 1 unspecified atom stereocenters. The molecule has 6 heteroatoms. The standard InChI is InChI=1S/C16H20N2O4/c1-21-12-4-3-5-13(22-2)15(12)16(20)17-10-8-14(19)18(9-10)11-6-7-11/h3-5,10-11H,6-9H2,1-2H3,(H,17,20). The van der Waals surface area contributed by atoms with E-state index in [4.69, 9.17) is 9.47 Å². The number of benzene rings is 1. The summed E-state index contributed by atoms with van der Waals surface area (Å²) in [5.41, 5.74) is 0.366. The lowest BCUT2D eigenvalue weighted by Gasteiger charge is -2.17. The van der Waals surface area contributed by atoms with Gasteiger partial charge in [0.05, 0.1) is 20.3 Å². The number of carbonyl (C=O) groups excluding carboxylic acids is 2. The molecule has 1 atom stereocenters. The molecule has 0 bridgehead atoms. The number of hydrogen-bond donors (Lipinski definition) is 1. The molecule has 1 heterocycles. The Labute approximate surface area is 129 Å². The van der Waals surface area contributed by atoms with E-state index in [-0.39, 0.29) is 17.9 Å². The maximum atomic E-state index is 12.6. The van der Waals surface area contributed by atoms with Crippen LogP contribution >= 0.6 is 0 Å². The summed E-state index contributed by atoms with van der Waals surface area (Å²) in [6.07, 6.45) is 2.51. The molecule has 2 aliphatic rings. The van der Waals surface area contributed by atoms with E-state index in [1.807, 2.05) is 4.90 Å². The monoisotopic (exact) mass is 304 g/mol. The second kappa shape index (κ2) is 5.87. The minimum Gasteiger partial charge on any atom is -0.496 e. The first-order valence-electron chi connectivity index (χ1n) is 7.45. The molecule has 0 radical (unpaired) electrons. The summed E-state index contributed by atoms with van der Waals surface area (Å²) in [5, 5.41) is 2.93. The van der Waals surface area contributed by atoms with Crippen LogP contribution in [-0.4, -0.2) is 49.6 Å². The highest BCUT2D eigenvalue weighted by Gasteiger charge is 2.40. The van der Waals surface area contributed by atoms with Crippen molar-refractivity contribution in [3.8, 4) is 11.5 Å². The highest BCUT2D eigenvalue weighted by atomic mass is 16.5. The number of ether oxygens (including phenoxy) is 2. The first kappa shape index (κ1) is 14.7. The second-order valence-electron chi connectivity index (χ2n) is 5.69. The predicted octanol–water partition coefficient (Wildman–Crippen LogP) is 1.20. The van der Waals surface area contributed by atoms with Gasteiger partial charge in [-0.25, -0.2) is 0 Å². The maximum Gasteiger partial charge on any atom is 0.259 e. The molecule has 1 saturated heterocycles. The molecule has 1 saturated carbocycles. The van der Waals surface area contributed by atoms with Gasteiger partial charge in [-0.1, -0.05) is 6.07 Å². The van der Waals surface area contributed by atoms with Crippen LogP contribution in [0.15, 0.2) is 18.2 Å². The first-order valence-corrected chi connectivity index (χ1v) is 7.45. The van der Waals surface area contributed by atoms with Crippen LogP contribution in [0.25, 0.3) is 0 Å². The zero-order valence-corrected chi connectivity index (χ0v) is 12.8. The molecular weight excluding hydrogens is 284 g/mol. The van der Waals surface area contributed by atoms with Crippen molar-refractivity contribution in [3.05, 3.63) is 23.8 Å². The number of carbonyl (C=O) groups is 2. The fourth-order valence-electron chi connectivity index (χ4n) is 2.90. The molecule has 0 aromatic heterocycles. The van der Waals surface area contributed by atoms with Crippen LogP contribution in [-0.2, 0) is 4.79 Å². The number of rotatable bonds is 5. The Hall–Kier alpha value is -2.24. The molecule has 1 aliphatic heterocycles. The van der Waals surface area contributed by atoms with Crippen LogP contribution < -0.4 is 14.8 Å². The molecule has 3 rings (SSSR count). The largest absolute Gasteiger partial charge is 0.496 e. The summed E-state index contributed by atoms with van der Waals surface area (Å²) in [7, 11) is 3.03. The van der Waals surface area contributed by atoms with Crippen LogP contribution in [0, 0.1) is 0 Å². The fraction of sp³-hybridized carbons (Fsp3) is 0.500. The summed E-state index contributed by atoms with van der Waals surface area (Å²) in [4.78, 5) is 26.4. The van der Waals surface area contributed by atoms with E-state index in [1.54, 1.807) is 18.2 Å². The Bertz CT molecular complexity index is 576. The van der Waals surface area contributed by atoms with Crippen molar-refractivity contribution in [2.24, 2.45) is 0 Å².